The van der Waals surface area contributed by atoms with Gasteiger partial charge in [-0.05, 0) is 29.8 Å². The predicted molar refractivity (Wildman–Crippen MR) is 109 cm³/mol. The maximum absolute atomic E-state index is 13.4. The summed E-state index contributed by atoms with van der Waals surface area (Å²) in [6, 6.07) is 11.8. The van der Waals surface area contributed by atoms with E-state index < -0.39 is 5.91 Å². The third-order valence-electron chi connectivity index (χ3n) is 5.33. The van der Waals surface area contributed by atoms with Crippen LogP contribution in [0.3, 0.4) is 0 Å². The van der Waals surface area contributed by atoms with Crippen molar-refractivity contribution < 1.29 is 24.3 Å². The third kappa shape index (κ3) is 4.21. The average Bonchev–Trinajstić information content (AvgIpc) is 2.98. The van der Waals surface area contributed by atoms with Crippen LogP contribution in [0.25, 0.3) is 0 Å². The molecule has 0 radical (unpaired) electrons. The Kier molecular flexibility index (Phi) is 6.08. The highest BCUT2D eigenvalue weighted by atomic mass is 35.5. The first-order valence-electron chi connectivity index (χ1n) is 9.65. The minimum atomic E-state index is -0.624. The Morgan fingerprint density at radius 2 is 1.83 bits per heavy atom. The number of urea groups is 1. The number of hydrogen-bond donors (Lipinski definition) is 2. The van der Waals surface area contributed by atoms with Gasteiger partial charge >= 0.3 is 6.03 Å². The quantitative estimate of drug-likeness (QED) is 0.563. The molecule has 9 heteroatoms. The lowest BCUT2D eigenvalue weighted by Gasteiger charge is -2.36. The van der Waals surface area contributed by atoms with Crippen LogP contribution in [-0.2, 0) is 11.3 Å². The van der Waals surface area contributed by atoms with Crippen LogP contribution < -0.4 is 10.2 Å². The van der Waals surface area contributed by atoms with Crippen molar-refractivity contribution in [1.82, 2.24) is 15.3 Å². The van der Waals surface area contributed by atoms with Crippen LogP contribution in [0.15, 0.2) is 42.5 Å². The van der Waals surface area contributed by atoms with Gasteiger partial charge in [-0.2, -0.15) is 0 Å². The molecule has 2 aromatic rings. The zero-order valence-electron chi connectivity index (χ0n) is 16.2. The van der Waals surface area contributed by atoms with Crippen molar-refractivity contribution in [2.45, 2.75) is 12.6 Å². The molecule has 0 bridgehead atoms. The van der Waals surface area contributed by atoms with Gasteiger partial charge in [-0.3, -0.25) is 10.0 Å². The second kappa shape index (κ2) is 8.91. The first-order chi connectivity index (χ1) is 14.6. The van der Waals surface area contributed by atoms with Crippen molar-refractivity contribution in [2.75, 3.05) is 32.9 Å². The van der Waals surface area contributed by atoms with E-state index in [1.807, 2.05) is 12.1 Å². The molecule has 2 heterocycles. The zero-order chi connectivity index (χ0) is 21.1. The van der Waals surface area contributed by atoms with Gasteiger partial charge in [0.2, 0.25) is 0 Å². The summed E-state index contributed by atoms with van der Waals surface area (Å²) in [5.74, 6) is -0.117. The Hall–Kier alpha value is -2.81. The molecule has 0 saturated carbocycles. The van der Waals surface area contributed by atoms with Gasteiger partial charge < -0.3 is 19.3 Å². The van der Waals surface area contributed by atoms with E-state index in [1.54, 1.807) is 45.6 Å². The summed E-state index contributed by atoms with van der Waals surface area (Å²) in [7, 11) is 0. The fourth-order valence-electron chi connectivity index (χ4n) is 3.68. The molecule has 2 aliphatic heterocycles. The fourth-order valence-corrected chi connectivity index (χ4v) is 3.80. The van der Waals surface area contributed by atoms with Crippen LogP contribution in [0.4, 0.5) is 4.79 Å². The van der Waals surface area contributed by atoms with Crippen LogP contribution in [0.5, 0.6) is 5.75 Å². The highest BCUT2D eigenvalue weighted by Gasteiger charge is 2.33. The Bertz CT molecular complexity index is 931. The number of fused-ring (bicyclic) bond motifs is 1. The molecule has 0 aliphatic carbocycles. The Balaban J connectivity index is 1.68. The van der Waals surface area contributed by atoms with Crippen molar-refractivity contribution in [1.29, 1.82) is 0 Å². The number of amides is 3. The monoisotopic (exact) mass is 431 g/mol. The lowest BCUT2D eigenvalue weighted by molar-refractivity contribution is 0.0362. The van der Waals surface area contributed by atoms with Crippen LogP contribution in [0.2, 0.25) is 5.02 Å². The van der Waals surface area contributed by atoms with E-state index in [-0.39, 0.29) is 24.2 Å². The van der Waals surface area contributed by atoms with Crippen molar-refractivity contribution in [3.63, 3.8) is 0 Å². The summed E-state index contributed by atoms with van der Waals surface area (Å²) in [5, 5.41) is 9.51. The first kappa shape index (κ1) is 20.5. The van der Waals surface area contributed by atoms with E-state index in [2.05, 4.69) is 0 Å². The Labute approximate surface area is 178 Å². The van der Waals surface area contributed by atoms with Crippen LogP contribution >= 0.6 is 11.6 Å². The number of nitrogens with one attached hydrogen (secondary N) is 1. The maximum Gasteiger partial charge on any atom is 0.321 e. The van der Waals surface area contributed by atoms with E-state index in [0.717, 1.165) is 11.1 Å². The molecule has 1 fully saturated rings. The summed E-state index contributed by atoms with van der Waals surface area (Å²) in [6.45, 7) is 2.63. The summed E-state index contributed by atoms with van der Waals surface area (Å²) < 4.78 is 11.4. The minimum absolute atomic E-state index is 0.0909. The van der Waals surface area contributed by atoms with Crippen molar-refractivity contribution in [3.8, 4) is 5.75 Å². The van der Waals surface area contributed by atoms with Crippen LogP contribution in [0.1, 0.15) is 27.5 Å². The van der Waals surface area contributed by atoms with Gasteiger partial charge in [-0.25, -0.2) is 10.3 Å². The lowest BCUT2D eigenvalue weighted by atomic mass is 10.1. The molecule has 158 valence electrons. The van der Waals surface area contributed by atoms with E-state index in [0.29, 0.717) is 43.6 Å². The molecule has 1 unspecified atom stereocenters. The maximum atomic E-state index is 13.4. The number of hydrogen-bond acceptors (Lipinski definition) is 5. The van der Waals surface area contributed by atoms with Gasteiger partial charge in [0.25, 0.3) is 5.91 Å². The van der Waals surface area contributed by atoms with Crippen LogP contribution in [-0.4, -0.2) is 59.9 Å². The number of benzene rings is 2. The minimum Gasteiger partial charge on any atom is -0.491 e. The molecule has 8 nitrogen and oxygen atoms in total. The molecule has 2 aromatic carbocycles. The average molecular weight is 432 g/mol. The number of ether oxygens (including phenoxy) is 2. The number of rotatable bonds is 2. The molecular formula is C21H22ClN3O5. The zero-order valence-corrected chi connectivity index (χ0v) is 17.0. The van der Waals surface area contributed by atoms with E-state index in [1.165, 1.54) is 0 Å². The number of carbonyl (C=O) groups is 2. The number of halogens is 1. The van der Waals surface area contributed by atoms with Gasteiger partial charge in [0.1, 0.15) is 12.4 Å². The van der Waals surface area contributed by atoms with Gasteiger partial charge in [0, 0.05) is 29.2 Å². The molecule has 1 atom stereocenters. The molecule has 3 amide bonds. The van der Waals surface area contributed by atoms with Crippen molar-refractivity contribution >= 4 is 23.5 Å². The number of nitrogens with zero attached hydrogens (tertiary/aromatic N) is 2. The van der Waals surface area contributed by atoms with Crippen molar-refractivity contribution in [2.24, 2.45) is 0 Å². The fraction of sp³-hybridized carbons (Fsp3) is 0.333. The topological polar surface area (TPSA) is 91.3 Å². The van der Waals surface area contributed by atoms with E-state index >= 15 is 0 Å². The molecule has 1 saturated heterocycles. The molecule has 0 spiro atoms. The standard InChI is InChI=1S/C21H22ClN3O5/c22-17-5-3-14(4-6-17)18-13-30-19-11-15(20(26)23-28)1-2-16(19)12-25(18)21(27)24-7-9-29-10-8-24/h1-6,11,18,28H,7-10,12-13H2,(H,23,26). The summed E-state index contributed by atoms with van der Waals surface area (Å²) >= 11 is 6.05. The second-order valence-electron chi connectivity index (χ2n) is 7.15. The number of carbonyl (C=O) groups excluding carboxylic acids is 2. The van der Waals surface area contributed by atoms with Crippen LogP contribution in [0, 0.1) is 0 Å². The smallest absolute Gasteiger partial charge is 0.321 e. The third-order valence-corrected chi connectivity index (χ3v) is 5.58. The SMILES string of the molecule is O=C(NO)c1ccc2c(c1)OCC(c1ccc(Cl)cc1)N(C(=O)N1CCOCC1)C2. The highest BCUT2D eigenvalue weighted by molar-refractivity contribution is 6.30. The van der Waals surface area contributed by atoms with Crippen molar-refractivity contribution in [3.05, 3.63) is 64.2 Å². The normalized spacial score (nSPS) is 18.8. The summed E-state index contributed by atoms with van der Waals surface area (Å²) in [5.41, 5.74) is 3.58. The lowest BCUT2D eigenvalue weighted by Crippen LogP contribution is -2.49. The van der Waals surface area contributed by atoms with Gasteiger partial charge in [0.15, 0.2) is 0 Å². The molecule has 2 N–H and O–H groups in total. The van der Waals surface area contributed by atoms with Gasteiger partial charge in [-0.1, -0.05) is 29.8 Å². The summed E-state index contributed by atoms with van der Waals surface area (Å²) in [6.07, 6.45) is 0. The molecule has 2 aliphatic rings. The molecule has 0 aromatic heterocycles. The molecule has 4 rings (SSSR count). The first-order valence-corrected chi connectivity index (χ1v) is 10.0. The predicted octanol–water partition coefficient (Wildman–Crippen LogP) is 2.85. The van der Waals surface area contributed by atoms with E-state index in [9.17, 15) is 9.59 Å². The molecule has 30 heavy (non-hydrogen) atoms. The summed E-state index contributed by atoms with van der Waals surface area (Å²) in [4.78, 5) is 28.7. The second-order valence-corrected chi connectivity index (χ2v) is 7.59. The number of morpholine rings is 1. The Morgan fingerprint density at radius 3 is 2.53 bits per heavy atom. The van der Waals surface area contributed by atoms with Gasteiger partial charge in [0.05, 0.1) is 25.8 Å². The van der Waals surface area contributed by atoms with E-state index in [4.69, 9.17) is 26.3 Å². The Morgan fingerprint density at radius 1 is 1.10 bits per heavy atom. The number of hydroxylamine groups is 1. The van der Waals surface area contributed by atoms with Gasteiger partial charge in [-0.15, -0.1) is 0 Å². The highest BCUT2D eigenvalue weighted by Crippen LogP contribution is 2.33. The largest absolute Gasteiger partial charge is 0.491 e. The molecular weight excluding hydrogens is 410 g/mol.